The van der Waals surface area contributed by atoms with Crippen molar-refractivity contribution in [3.8, 4) is 0 Å². The molecule has 1 aliphatic rings. The number of hydrogen-bond acceptors (Lipinski definition) is 4. The molecule has 2 aromatic rings. The third kappa shape index (κ3) is 5.58. The molecule has 0 aromatic heterocycles. The highest BCUT2D eigenvalue weighted by atomic mass is 19.4. The Kier molecular flexibility index (Phi) is 7.31. The molecule has 0 saturated heterocycles. The van der Waals surface area contributed by atoms with Crippen molar-refractivity contribution in [3.05, 3.63) is 69.8 Å². The standard InChI is InChI=1S/C22H18F9N3O2/c1-12-5-13(3-4-14(12)10-32-11-33-35-2)18-9-19(36-34-18,22(29,30)31)15-6-16(20(23,24)25)8-17(7-15)21(26,27)28/h3-8,11H,9-10H2,1-2H3,(H,32,33). The number of alkyl halides is 9. The largest absolute Gasteiger partial charge is 0.435 e. The third-order valence-corrected chi connectivity index (χ3v) is 5.44. The molecular weight excluding hydrogens is 509 g/mol. The summed E-state index contributed by atoms with van der Waals surface area (Å²) in [5, 5.41) is 3.42. The first-order valence-corrected chi connectivity index (χ1v) is 10.1. The van der Waals surface area contributed by atoms with Gasteiger partial charge in [0.2, 0.25) is 0 Å². The maximum absolute atomic E-state index is 14.2. The number of hydrogen-bond donors (Lipinski definition) is 1. The van der Waals surface area contributed by atoms with Gasteiger partial charge in [0.15, 0.2) is 0 Å². The molecule has 1 unspecified atom stereocenters. The van der Waals surface area contributed by atoms with Crippen molar-refractivity contribution in [2.75, 3.05) is 7.11 Å². The Labute approximate surface area is 198 Å². The van der Waals surface area contributed by atoms with E-state index in [1.807, 2.05) is 0 Å². The van der Waals surface area contributed by atoms with Gasteiger partial charge in [-0.1, -0.05) is 17.3 Å². The molecule has 0 bridgehead atoms. The number of benzene rings is 2. The van der Waals surface area contributed by atoms with Crippen LogP contribution in [-0.4, -0.2) is 25.3 Å². The zero-order valence-corrected chi connectivity index (χ0v) is 18.6. The predicted molar refractivity (Wildman–Crippen MR) is 110 cm³/mol. The van der Waals surface area contributed by atoms with Gasteiger partial charge < -0.3 is 4.84 Å². The molecule has 5 nitrogen and oxygen atoms in total. The Morgan fingerprint density at radius 1 is 1.00 bits per heavy atom. The first-order chi connectivity index (χ1) is 16.6. The maximum atomic E-state index is 14.2. The van der Waals surface area contributed by atoms with Crippen LogP contribution in [0.5, 0.6) is 0 Å². The molecule has 0 radical (unpaired) electrons. The Hall–Kier alpha value is -3.29. The fourth-order valence-electron chi connectivity index (χ4n) is 3.53. The first-order valence-electron chi connectivity index (χ1n) is 10.1. The van der Waals surface area contributed by atoms with Gasteiger partial charge in [0.25, 0.3) is 5.60 Å². The molecule has 2 aromatic carbocycles. The number of aliphatic imine (C=N–C) groups is 1. The van der Waals surface area contributed by atoms with Gasteiger partial charge in [-0.25, -0.2) is 0 Å². The topological polar surface area (TPSA) is 55.2 Å². The van der Waals surface area contributed by atoms with Gasteiger partial charge in [-0.2, -0.15) is 39.5 Å². The smallest absolute Gasteiger partial charge is 0.374 e. The third-order valence-electron chi connectivity index (χ3n) is 5.44. The highest BCUT2D eigenvalue weighted by molar-refractivity contribution is 6.02. The van der Waals surface area contributed by atoms with Crippen LogP contribution in [0.2, 0.25) is 0 Å². The number of aryl methyl sites for hydroxylation is 1. The quantitative estimate of drug-likeness (QED) is 0.208. The lowest BCUT2D eigenvalue weighted by Gasteiger charge is -2.30. The minimum atomic E-state index is -5.40. The zero-order valence-electron chi connectivity index (χ0n) is 18.6. The molecule has 1 N–H and O–H groups in total. The summed E-state index contributed by atoms with van der Waals surface area (Å²) in [7, 11) is 1.38. The first kappa shape index (κ1) is 27.3. The monoisotopic (exact) mass is 527 g/mol. The summed E-state index contributed by atoms with van der Waals surface area (Å²) < 4.78 is 122. The Balaban J connectivity index is 2.01. The van der Waals surface area contributed by atoms with Gasteiger partial charge in [0.1, 0.15) is 6.34 Å². The summed E-state index contributed by atoms with van der Waals surface area (Å²) in [6.45, 7) is 1.84. The van der Waals surface area contributed by atoms with Gasteiger partial charge in [-0.15, -0.1) is 0 Å². The van der Waals surface area contributed by atoms with Crippen molar-refractivity contribution in [1.82, 2.24) is 5.48 Å². The number of nitrogens with zero attached hydrogens (tertiary/aromatic N) is 2. The summed E-state index contributed by atoms with van der Waals surface area (Å²) in [6, 6.07) is 4.18. The van der Waals surface area contributed by atoms with E-state index < -0.39 is 47.2 Å². The van der Waals surface area contributed by atoms with E-state index in [2.05, 4.69) is 25.3 Å². The van der Waals surface area contributed by atoms with Crippen molar-refractivity contribution >= 4 is 12.1 Å². The summed E-state index contributed by atoms with van der Waals surface area (Å²) >= 11 is 0. The summed E-state index contributed by atoms with van der Waals surface area (Å²) in [5.74, 6) is 0. The average Bonchev–Trinajstić information content (AvgIpc) is 3.23. The van der Waals surface area contributed by atoms with Crippen molar-refractivity contribution in [2.24, 2.45) is 10.1 Å². The van der Waals surface area contributed by atoms with Crippen molar-refractivity contribution in [3.63, 3.8) is 0 Å². The Bertz CT molecular complexity index is 1140. The fourth-order valence-corrected chi connectivity index (χ4v) is 3.53. The van der Waals surface area contributed by atoms with E-state index >= 15 is 0 Å². The fraction of sp³-hybridized carbons (Fsp3) is 0.364. The molecule has 0 saturated carbocycles. The molecule has 14 heteroatoms. The molecule has 1 atom stereocenters. The number of oxime groups is 1. The van der Waals surface area contributed by atoms with E-state index in [9.17, 15) is 39.5 Å². The molecule has 3 rings (SSSR count). The normalized spacial score (nSPS) is 18.9. The molecule has 196 valence electrons. The van der Waals surface area contributed by atoms with E-state index in [0.29, 0.717) is 11.1 Å². The number of halogens is 9. The van der Waals surface area contributed by atoms with Crippen molar-refractivity contribution < 1.29 is 49.2 Å². The van der Waals surface area contributed by atoms with Crippen LogP contribution < -0.4 is 5.48 Å². The highest BCUT2D eigenvalue weighted by Crippen LogP contribution is 2.50. The van der Waals surface area contributed by atoms with Gasteiger partial charge in [-0.05, 0) is 47.9 Å². The lowest BCUT2D eigenvalue weighted by molar-refractivity contribution is -0.276. The van der Waals surface area contributed by atoms with Crippen molar-refractivity contribution in [1.29, 1.82) is 0 Å². The SMILES string of the molecule is CONC=NCc1ccc(C2=NOC(c3cc(C(F)(F)F)cc(C(F)(F)F)c3)(C(F)(F)F)C2)cc1C. The second-order valence-electron chi connectivity index (χ2n) is 7.86. The number of hydroxylamine groups is 1. The summed E-state index contributed by atoms with van der Waals surface area (Å²) in [6.07, 6.45) is -15.9. The van der Waals surface area contributed by atoms with Crippen LogP contribution >= 0.6 is 0 Å². The second-order valence-corrected chi connectivity index (χ2v) is 7.86. The summed E-state index contributed by atoms with van der Waals surface area (Å²) in [5.41, 5.74) is -5.14. The molecule has 1 heterocycles. The van der Waals surface area contributed by atoms with Gasteiger partial charge in [0, 0.05) is 12.0 Å². The van der Waals surface area contributed by atoms with Crippen LogP contribution in [0.4, 0.5) is 39.5 Å². The van der Waals surface area contributed by atoms with E-state index in [4.69, 9.17) is 0 Å². The minimum absolute atomic E-state index is 0.00158. The number of rotatable bonds is 6. The van der Waals surface area contributed by atoms with Gasteiger partial charge in [-0.3, -0.25) is 15.3 Å². The van der Waals surface area contributed by atoms with Crippen LogP contribution in [0, 0.1) is 6.92 Å². The minimum Gasteiger partial charge on any atom is -0.374 e. The van der Waals surface area contributed by atoms with E-state index in [-0.39, 0.29) is 36.0 Å². The summed E-state index contributed by atoms with van der Waals surface area (Å²) in [4.78, 5) is 13.2. The van der Waals surface area contributed by atoms with Crippen molar-refractivity contribution in [2.45, 2.75) is 44.0 Å². The maximum Gasteiger partial charge on any atom is 0.435 e. The van der Waals surface area contributed by atoms with E-state index in [0.717, 1.165) is 0 Å². The lowest BCUT2D eigenvalue weighted by Crippen LogP contribution is -2.43. The van der Waals surface area contributed by atoms with Crippen LogP contribution in [0.15, 0.2) is 46.5 Å². The average molecular weight is 527 g/mol. The molecule has 0 fully saturated rings. The highest BCUT2D eigenvalue weighted by Gasteiger charge is 2.63. The molecular formula is C22H18F9N3O2. The van der Waals surface area contributed by atoms with Crippen LogP contribution in [0.3, 0.4) is 0 Å². The van der Waals surface area contributed by atoms with E-state index in [1.165, 1.54) is 25.6 Å². The van der Waals surface area contributed by atoms with Gasteiger partial charge in [0.05, 0.1) is 30.5 Å². The molecule has 36 heavy (non-hydrogen) atoms. The van der Waals surface area contributed by atoms with Crippen LogP contribution in [0.25, 0.3) is 0 Å². The second kappa shape index (κ2) is 9.64. The predicted octanol–water partition coefficient (Wildman–Crippen LogP) is 6.29. The van der Waals surface area contributed by atoms with Gasteiger partial charge >= 0.3 is 18.5 Å². The van der Waals surface area contributed by atoms with E-state index in [1.54, 1.807) is 13.0 Å². The zero-order chi connectivity index (χ0) is 26.9. The molecule has 0 spiro atoms. The Morgan fingerprint density at radius 3 is 2.11 bits per heavy atom. The lowest BCUT2D eigenvalue weighted by atomic mass is 9.84. The molecule has 0 aliphatic carbocycles. The van der Waals surface area contributed by atoms with Crippen LogP contribution in [-0.2, 0) is 34.2 Å². The van der Waals surface area contributed by atoms with Crippen LogP contribution in [0.1, 0.15) is 39.8 Å². The molecule has 0 amide bonds. The molecule has 1 aliphatic heterocycles. The Morgan fingerprint density at radius 2 is 1.61 bits per heavy atom. The number of nitrogens with one attached hydrogen (secondary N) is 1.